The zero-order valence-corrected chi connectivity index (χ0v) is 11.0. The number of aromatic nitrogens is 2. The van der Waals surface area contributed by atoms with Gasteiger partial charge in [0, 0.05) is 6.04 Å². The number of nitrogens with one attached hydrogen (secondary N) is 1. The summed E-state index contributed by atoms with van der Waals surface area (Å²) in [5.41, 5.74) is 0.589. The number of halogens is 2. The Kier molecular flexibility index (Phi) is 3.24. The van der Waals surface area contributed by atoms with Gasteiger partial charge in [0.2, 0.25) is 5.89 Å². The summed E-state index contributed by atoms with van der Waals surface area (Å²) in [5.74, 6) is 0.908. The van der Waals surface area contributed by atoms with E-state index in [2.05, 4.69) is 15.5 Å². The normalized spacial score (nSPS) is 15.0. The second kappa shape index (κ2) is 4.88. The summed E-state index contributed by atoms with van der Waals surface area (Å²) in [7, 11) is 0. The summed E-state index contributed by atoms with van der Waals surface area (Å²) in [6.45, 7) is 0.583. The Morgan fingerprint density at radius 3 is 2.61 bits per heavy atom. The minimum atomic E-state index is 0.359. The van der Waals surface area contributed by atoms with Crippen LogP contribution in [0.4, 0.5) is 0 Å². The van der Waals surface area contributed by atoms with Crippen LogP contribution in [-0.4, -0.2) is 16.2 Å². The third-order valence-corrected chi connectivity index (χ3v) is 3.39. The standard InChI is InChI=1S/C12H11Cl2N3O/c13-8-2-1-3-9(14)11(8)12-17-16-10(18-12)6-15-7-4-5-7/h1-3,7,15H,4-6H2. The van der Waals surface area contributed by atoms with Crippen LogP contribution in [0.2, 0.25) is 10.0 Å². The molecule has 3 rings (SSSR count). The van der Waals surface area contributed by atoms with Crippen LogP contribution in [0.1, 0.15) is 18.7 Å². The summed E-state index contributed by atoms with van der Waals surface area (Å²) in [5, 5.41) is 12.3. The lowest BCUT2D eigenvalue weighted by Crippen LogP contribution is -2.15. The zero-order valence-electron chi connectivity index (χ0n) is 9.49. The summed E-state index contributed by atoms with van der Waals surface area (Å²) < 4.78 is 5.56. The molecular formula is C12H11Cl2N3O. The molecule has 1 fully saturated rings. The minimum Gasteiger partial charge on any atom is -0.419 e. The van der Waals surface area contributed by atoms with Gasteiger partial charge in [-0.25, -0.2) is 0 Å². The van der Waals surface area contributed by atoms with Gasteiger partial charge < -0.3 is 9.73 Å². The zero-order chi connectivity index (χ0) is 12.5. The SMILES string of the molecule is Clc1cccc(Cl)c1-c1nnc(CNC2CC2)o1. The average molecular weight is 284 g/mol. The van der Waals surface area contributed by atoms with Crippen LogP contribution in [0.25, 0.3) is 11.5 Å². The first kappa shape index (κ1) is 12.0. The van der Waals surface area contributed by atoms with Crippen molar-refractivity contribution < 1.29 is 4.42 Å². The quantitative estimate of drug-likeness (QED) is 0.936. The third-order valence-electron chi connectivity index (χ3n) is 2.76. The van der Waals surface area contributed by atoms with E-state index in [1.165, 1.54) is 12.8 Å². The highest BCUT2D eigenvalue weighted by molar-refractivity contribution is 6.38. The second-order valence-corrected chi connectivity index (χ2v) is 5.07. The van der Waals surface area contributed by atoms with Crippen molar-refractivity contribution >= 4 is 23.2 Å². The monoisotopic (exact) mass is 283 g/mol. The summed E-state index contributed by atoms with van der Waals surface area (Å²) in [6.07, 6.45) is 2.44. The smallest absolute Gasteiger partial charge is 0.250 e. The highest BCUT2D eigenvalue weighted by atomic mass is 35.5. The molecule has 0 aliphatic heterocycles. The van der Waals surface area contributed by atoms with Crippen molar-refractivity contribution in [3.05, 3.63) is 34.1 Å². The van der Waals surface area contributed by atoms with E-state index in [-0.39, 0.29) is 0 Å². The van der Waals surface area contributed by atoms with E-state index >= 15 is 0 Å². The van der Waals surface area contributed by atoms with Gasteiger partial charge in [0.15, 0.2) is 0 Å². The van der Waals surface area contributed by atoms with Crippen molar-refractivity contribution in [1.29, 1.82) is 0 Å². The molecular weight excluding hydrogens is 273 g/mol. The maximum atomic E-state index is 6.08. The predicted molar refractivity (Wildman–Crippen MR) is 69.6 cm³/mol. The van der Waals surface area contributed by atoms with Gasteiger partial charge in [-0.05, 0) is 25.0 Å². The molecule has 4 nitrogen and oxygen atoms in total. The van der Waals surface area contributed by atoms with Crippen molar-refractivity contribution in [1.82, 2.24) is 15.5 Å². The third kappa shape index (κ3) is 2.51. The number of rotatable bonds is 4. The van der Waals surface area contributed by atoms with E-state index in [1.807, 2.05) is 0 Å². The number of nitrogens with zero attached hydrogens (tertiary/aromatic N) is 2. The van der Waals surface area contributed by atoms with E-state index in [4.69, 9.17) is 27.6 Å². The molecule has 0 amide bonds. The van der Waals surface area contributed by atoms with Crippen LogP contribution in [0.5, 0.6) is 0 Å². The van der Waals surface area contributed by atoms with Gasteiger partial charge >= 0.3 is 0 Å². The molecule has 0 saturated heterocycles. The van der Waals surface area contributed by atoms with Crippen LogP contribution in [-0.2, 0) is 6.54 Å². The molecule has 1 aliphatic carbocycles. The van der Waals surface area contributed by atoms with Crippen molar-refractivity contribution in [2.75, 3.05) is 0 Å². The summed E-state index contributed by atoms with van der Waals surface area (Å²) >= 11 is 12.2. The van der Waals surface area contributed by atoms with Crippen molar-refractivity contribution in [2.45, 2.75) is 25.4 Å². The molecule has 1 N–H and O–H groups in total. The van der Waals surface area contributed by atoms with Gasteiger partial charge in [-0.2, -0.15) is 0 Å². The summed E-state index contributed by atoms with van der Waals surface area (Å²) in [6, 6.07) is 5.87. The maximum Gasteiger partial charge on any atom is 0.250 e. The summed E-state index contributed by atoms with van der Waals surface area (Å²) in [4.78, 5) is 0. The molecule has 18 heavy (non-hydrogen) atoms. The van der Waals surface area contributed by atoms with E-state index in [0.717, 1.165) is 0 Å². The van der Waals surface area contributed by atoms with Gasteiger partial charge in [0.05, 0.1) is 22.2 Å². The number of hydrogen-bond donors (Lipinski definition) is 1. The van der Waals surface area contributed by atoms with Crippen LogP contribution in [0.3, 0.4) is 0 Å². The number of benzene rings is 1. The fourth-order valence-corrected chi connectivity index (χ4v) is 2.21. The van der Waals surface area contributed by atoms with Gasteiger partial charge in [0.25, 0.3) is 5.89 Å². The molecule has 94 valence electrons. The molecule has 1 saturated carbocycles. The van der Waals surface area contributed by atoms with Crippen LogP contribution in [0.15, 0.2) is 22.6 Å². The molecule has 1 heterocycles. The molecule has 0 atom stereocenters. The van der Waals surface area contributed by atoms with Crippen molar-refractivity contribution in [3.8, 4) is 11.5 Å². The van der Waals surface area contributed by atoms with E-state index in [0.29, 0.717) is 40.0 Å². The molecule has 6 heteroatoms. The molecule has 0 radical (unpaired) electrons. The van der Waals surface area contributed by atoms with Crippen LogP contribution in [0, 0.1) is 0 Å². The average Bonchev–Trinajstić information content (AvgIpc) is 3.06. The lowest BCUT2D eigenvalue weighted by Gasteiger charge is -2.01. The first-order chi connectivity index (χ1) is 8.74. The molecule has 1 aromatic heterocycles. The maximum absolute atomic E-state index is 6.08. The lowest BCUT2D eigenvalue weighted by molar-refractivity contribution is 0.476. The first-order valence-electron chi connectivity index (χ1n) is 5.74. The van der Waals surface area contributed by atoms with Crippen LogP contribution >= 0.6 is 23.2 Å². The Bertz CT molecular complexity index is 546. The van der Waals surface area contributed by atoms with E-state index in [9.17, 15) is 0 Å². The minimum absolute atomic E-state index is 0.359. The molecule has 0 bridgehead atoms. The van der Waals surface area contributed by atoms with E-state index in [1.54, 1.807) is 18.2 Å². The highest BCUT2D eigenvalue weighted by Gasteiger charge is 2.21. The van der Waals surface area contributed by atoms with E-state index < -0.39 is 0 Å². The molecule has 2 aromatic rings. The van der Waals surface area contributed by atoms with Gasteiger partial charge in [-0.15, -0.1) is 10.2 Å². The second-order valence-electron chi connectivity index (χ2n) is 4.25. The Morgan fingerprint density at radius 1 is 1.22 bits per heavy atom. The Balaban J connectivity index is 1.83. The van der Waals surface area contributed by atoms with Gasteiger partial charge in [-0.1, -0.05) is 29.3 Å². The number of hydrogen-bond acceptors (Lipinski definition) is 4. The Morgan fingerprint density at radius 2 is 1.94 bits per heavy atom. The fraction of sp³-hybridized carbons (Fsp3) is 0.333. The molecule has 0 unspecified atom stereocenters. The van der Waals surface area contributed by atoms with Crippen molar-refractivity contribution in [2.24, 2.45) is 0 Å². The Hall–Kier alpha value is -1.10. The fourth-order valence-electron chi connectivity index (χ4n) is 1.65. The largest absolute Gasteiger partial charge is 0.419 e. The first-order valence-corrected chi connectivity index (χ1v) is 6.50. The molecule has 0 spiro atoms. The van der Waals surface area contributed by atoms with Gasteiger partial charge in [-0.3, -0.25) is 0 Å². The highest BCUT2D eigenvalue weighted by Crippen LogP contribution is 2.33. The van der Waals surface area contributed by atoms with Crippen molar-refractivity contribution in [3.63, 3.8) is 0 Å². The Labute approximate surface area is 114 Å². The molecule has 1 aromatic carbocycles. The van der Waals surface area contributed by atoms with Gasteiger partial charge in [0.1, 0.15) is 0 Å². The lowest BCUT2D eigenvalue weighted by atomic mass is 10.2. The predicted octanol–water partition coefficient (Wildman–Crippen LogP) is 3.30. The van der Waals surface area contributed by atoms with Crippen LogP contribution < -0.4 is 5.32 Å². The topological polar surface area (TPSA) is 51.0 Å². The molecule has 1 aliphatic rings.